The van der Waals surface area contributed by atoms with E-state index in [1.54, 1.807) is 6.92 Å². The van der Waals surface area contributed by atoms with Crippen LogP contribution in [-0.4, -0.2) is 43.1 Å². The van der Waals surface area contributed by atoms with Crippen molar-refractivity contribution >= 4 is 23.2 Å². The predicted octanol–water partition coefficient (Wildman–Crippen LogP) is 2.83. The van der Waals surface area contributed by atoms with Gasteiger partial charge in [0.05, 0.1) is 7.11 Å². The molecule has 1 aliphatic rings. The number of esters is 1. The average molecular weight is 333 g/mol. The zero-order chi connectivity index (χ0) is 16.3. The summed E-state index contributed by atoms with van der Waals surface area (Å²) in [4.78, 5) is 26.6. The van der Waals surface area contributed by atoms with Crippen LogP contribution in [0.1, 0.15) is 33.8 Å². The SMILES string of the molecule is COC(=O)[C@H]1CCCCN1C(=O)c1sc(C)cc1OC(F)F. The second kappa shape index (κ2) is 7.04. The van der Waals surface area contributed by atoms with Crippen molar-refractivity contribution in [3.63, 3.8) is 0 Å². The van der Waals surface area contributed by atoms with Crippen LogP contribution >= 0.6 is 11.3 Å². The van der Waals surface area contributed by atoms with E-state index in [4.69, 9.17) is 4.74 Å². The van der Waals surface area contributed by atoms with Gasteiger partial charge in [0.2, 0.25) is 0 Å². The van der Waals surface area contributed by atoms with E-state index >= 15 is 0 Å². The summed E-state index contributed by atoms with van der Waals surface area (Å²) in [5.41, 5.74) is 0. The molecule has 0 aromatic carbocycles. The molecule has 1 saturated heterocycles. The summed E-state index contributed by atoms with van der Waals surface area (Å²) in [5.74, 6) is -1.10. The maximum absolute atomic E-state index is 12.6. The lowest BCUT2D eigenvalue weighted by Crippen LogP contribution is -2.48. The molecule has 8 heteroatoms. The quantitative estimate of drug-likeness (QED) is 0.795. The molecule has 0 radical (unpaired) electrons. The Morgan fingerprint density at radius 2 is 2.14 bits per heavy atom. The zero-order valence-corrected chi connectivity index (χ0v) is 13.1. The van der Waals surface area contributed by atoms with Crippen molar-refractivity contribution in [2.45, 2.75) is 38.8 Å². The Morgan fingerprint density at radius 3 is 2.77 bits per heavy atom. The highest BCUT2D eigenvalue weighted by Gasteiger charge is 2.35. The molecule has 1 fully saturated rings. The van der Waals surface area contributed by atoms with E-state index in [0.29, 0.717) is 17.8 Å². The molecule has 1 aliphatic heterocycles. The van der Waals surface area contributed by atoms with Crippen molar-refractivity contribution in [2.24, 2.45) is 0 Å². The lowest BCUT2D eigenvalue weighted by Gasteiger charge is -2.33. The molecule has 1 amide bonds. The standard InChI is InChI=1S/C14H17F2NO4S/c1-8-7-10(21-14(15)16)11(22-8)12(18)17-6-4-3-5-9(17)13(19)20-2/h7,9,14H,3-6H2,1-2H3/t9-/m1/s1. The van der Waals surface area contributed by atoms with Crippen LogP contribution < -0.4 is 4.74 Å². The Bertz CT molecular complexity index is 561. The highest BCUT2D eigenvalue weighted by Crippen LogP contribution is 2.33. The van der Waals surface area contributed by atoms with Gasteiger partial charge in [-0.1, -0.05) is 0 Å². The van der Waals surface area contributed by atoms with Gasteiger partial charge in [-0.3, -0.25) is 4.79 Å². The summed E-state index contributed by atoms with van der Waals surface area (Å²) in [7, 11) is 1.26. The lowest BCUT2D eigenvalue weighted by atomic mass is 10.0. The summed E-state index contributed by atoms with van der Waals surface area (Å²) in [6.07, 6.45) is 2.08. The third kappa shape index (κ3) is 3.55. The van der Waals surface area contributed by atoms with E-state index in [9.17, 15) is 18.4 Å². The molecule has 1 aromatic heterocycles. The Kier molecular flexibility index (Phi) is 5.33. The van der Waals surface area contributed by atoms with Gasteiger partial charge in [0.15, 0.2) is 0 Å². The summed E-state index contributed by atoms with van der Waals surface area (Å²) >= 11 is 1.08. The van der Waals surface area contributed by atoms with Crippen molar-refractivity contribution in [1.29, 1.82) is 0 Å². The van der Waals surface area contributed by atoms with Crippen LogP contribution in [0.2, 0.25) is 0 Å². The van der Waals surface area contributed by atoms with E-state index in [-0.39, 0.29) is 10.6 Å². The average Bonchev–Trinajstić information content (AvgIpc) is 2.85. The van der Waals surface area contributed by atoms with Gasteiger partial charge < -0.3 is 14.4 Å². The van der Waals surface area contributed by atoms with E-state index < -0.39 is 24.5 Å². The molecule has 1 aromatic rings. The topological polar surface area (TPSA) is 55.8 Å². The minimum absolute atomic E-state index is 0.0913. The van der Waals surface area contributed by atoms with Gasteiger partial charge in [0.25, 0.3) is 5.91 Å². The van der Waals surface area contributed by atoms with Crippen LogP contribution in [0.3, 0.4) is 0 Å². The molecule has 0 bridgehead atoms. The van der Waals surface area contributed by atoms with Crippen LogP contribution in [0.5, 0.6) is 5.75 Å². The summed E-state index contributed by atoms with van der Waals surface area (Å²) < 4.78 is 34.1. The number of halogens is 2. The van der Waals surface area contributed by atoms with Crippen LogP contribution in [-0.2, 0) is 9.53 Å². The number of alkyl halides is 2. The fourth-order valence-corrected chi connectivity index (χ4v) is 3.41. The number of thiophene rings is 1. The number of piperidine rings is 1. The first-order valence-electron chi connectivity index (χ1n) is 6.88. The smallest absolute Gasteiger partial charge is 0.387 e. The Balaban J connectivity index is 2.27. The van der Waals surface area contributed by atoms with Crippen LogP contribution in [0.25, 0.3) is 0 Å². The molecule has 22 heavy (non-hydrogen) atoms. The molecular weight excluding hydrogens is 316 g/mol. The van der Waals surface area contributed by atoms with E-state index in [1.807, 2.05) is 0 Å². The second-order valence-corrected chi connectivity index (χ2v) is 6.22. The Hall–Kier alpha value is -1.70. The van der Waals surface area contributed by atoms with Crippen LogP contribution in [0.4, 0.5) is 8.78 Å². The molecule has 0 spiro atoms. The molecule has 0 N–H and O–H groups in total. The monoisotopic (exact) mass is 333 g/mol. The van der Waals surface area contributed by atoms with Crippen molar-refractivity contribution in [3.8, 4) is 5.75 Å². The summed E-state index contributed by atoms with van der Waals surface area (Å²) in [6.45, 7) is -0.907. The van der Waals surface area contributed by atoms with Gasteiger partial charge in [0.1, 0.15) is 16.7 Å². The summed E-state index contributed by atoms with van der Waals surface area (Å²) in [6, 6.07) is 0.731. The number of rotatable bonds is 4. The molecule has 2 heterocycles. The molecule has 122 valence electrons. The van der Waals surface area contributed by atoms with Gasteiger partial charge >= 0.3 is 12.6 Å². The third-order valence-corrected chi connectivity index (χ3v) is 4.49. The van der Waals surface area contributed by atoms with Crippen molar-refractivity contribution in [3.05, 3.63) is 15.8 Å². The van der Waals surface area contributed by atoms with Gasteiger partial charge in [-0.05, 0) is 32.3 Å². The van der Waals surface area contributed by atoms with Gasteiger partial charge in [-0.15, -0.1) is 11.3 Å². The normalized spacial score (nSPS) is 18.4. The minimum Gasteiger partial charge on any atom is -0.467 e. The number of methoxy groups -OCH3 is 1. The van der Waals surface area contributed by atoms with Gasteiger partial charge in [0, 0.05) is 11.4 Å². The van der Waals surface area contributed by atoms with Crippen molar-refractivity contribution in [1.82, 2.24) is 4.90 Å². The minimum atomic E-state index is -3.00. The van der Waals surface area contributed by atoms with Gasteiger partial charge in [-0.2, -0.15) is 8.78 Å². The van der Waals surface area contributed by atoms with E-state index in [0.717, 1.165) is 24.2 Å². The Labute approximate surface area is 130 Å². The third-order valence-electron chi connectivity index (χ3n) is 3.47. The van der Waals surface area contributed by atoms with E-state index in [1.165, 1.54) is 18.1 Å². The first-order valence-corrected chi connectivity index (χ1v) is 7.69. The van der Waals surface area contributed by atoms with Crippen LogP contribution in [0, 0.1) is 6.92 Å². The maximum Gasteiger partial charge on any atom is 0.387 e. The largest absolute Gasteiger partial charge is 0.467 e. The highest BCUT2D eigenvalue weighted by atomic mass is 32.1. The number of hydrogen-bond acceptors (Lipinski definition) is 5. The first-order chi connectivity index (χ1) is 10.4. The fourth-order valence-electron chi connectivity index (χ4n) is 2.51. The molecule has 0 saturated carbocycles. The van der Waals surface area contributed by atoms with Crippen molar-refractivity contribution < 1.29 is 27.8 Å². The number of amides is 1. The number of hydrogen-bond donors (Lipinski definition) is 0. The first kappa shape index (κ1) is 16.7. The number of nitrogens with zero attached hydrogens (tertiary/aromatic N) is 1. The zero-order valence-electron chi connectivity index (χ0n) is 12.3. The summed E-state index contributed by atoms with van der Waals surface area (Å²) in [5, 5.41) is 0. The molecule has 0 unspecified atom stereocenters. The molecule has 1 atom stereocenters. The number of likely N-dealkylation sites (tertiary alicyclic amines) is 1. The molecular formula is C14H17F2NO4S. The van der Waals surface area contributed by atoms with E-state index in [2.05, 4.69) is 4.74 Å². The number of aryl methyl sites for hydroxylation is 1. The predicted molar refractivity (Wildman–Crippen MR) is 76.4 cm³/mol. The molecule has 5 nitrogen and oxygen atoms in total. The second-order valence-electron chi connectivity index (χ2n) is 4.96. The highest BCUT2D eigenvalue weighted by molar-refractivity contribution is 7.14. The number of carbonyl (C=O) groups excluding carboxylic acids is 2. The van der Waals surface area contributed by atoms with Crippen LogP contribution in [0.15, 0.2) is 6.07 Å². The van der Waals surface area contributed by atoms with Gasteiger partial charge in [-0.25, -0.2) is 4.79 Å². The fraction of sp³-hybridized carbons (Fsp3) is 0.571. The molecule has 0 aliphatic carbocycles. The molecule has 2 rings (SSSR count). The number of ether oxygens (including phenoxy) is 2. The number of carbonyl (C=O) groups is 2. The Morgan fingerprint density at radius 1 is 1.41 bits per heavy atom. The van der Waals surface area contributed by atoms with Crippen molar-refractivity contribution in [2.75, 3.05) is 13.7 Å². The lowest BCUT2D eigenvalue weighted by molar-refractivity contribution is -0.147. The maximum atomic E-state index is 12.6.